The van der Waals surface area contributed by atoms with Crippen molar-refractivity contribution in [3.63, 3.8) is 0 Å². The fourth-order valence-corrected chi connectivity index (χ4v) is 2.07. The Morgan fingerprint density at radius 2 is 1.76 bits per heavy atom. The Hall–Kier alpha value is -1.03. The first-order valence-corrected chi connectivity index (χ1v) is 5.65. The van der Waals surface area contributed by atoms with Crippen molar-refractivity contribution in [2.75, 3.05) is 6.61 Å². The van der Waals surface area contributed by atoms with E-state index >= 15 is 0 Å². The van der Waals surface area contributed by atoms with Crippen molar-refractivity contribution in [2.45, 2.75) is 32.4 Å². The average Bonchev–Trinajstić information content (AvgIpc) is 2.24. The SMILES string of the molecule is CC(C)C(CCO)c1ccccc1C(F)(F)F. The van der Waals surface area contributed by atoms with Crippen LogP contribution in [0.5, 0.6) is 0 Å². The summed E-state index contributed by atoms with van der Waals surface area (Å²) >= 11 is 0. The molecule has 0 saturated heterocycles. The minimum absolute atomic E-state index is 0.0608. The quantitative estimate of drug-likeness (QED) is 0.856. The Morgan fingerprint density at radius 1 is 1.18 bits per heavy atom. The minimum atomic E-state index is -4.33. The molecule has 0 heterocycles. The third kappa shape index (κ3) is 3.46. The van der Waals surface area contributed by atoms with Crippen molar-refractivity contribution in [2.24, 2.45) is 5.92 Å². The third-order valence-electron chi connectivity index (χ3n) is 2.91. The molecular weight excluding hydrogens is 229 g/mol. The highest BCUT2D eigenvalue weighted by molar-refractivity contribution is 5.33. The molecule has 0 saturated carbocycles. The summed E-state index contributed by atoms with van der Waals surface area (Å²) in [4.78, 5) is 0. The number of alkyl halides is 3. The molecule has 1 aromatic rings. The Morgan fingerprint density at radius 3 is 2.24 bits per heavy atom. The maximum atomic E-state index is 12.8. The number of benzene rings is 1. The second kappa shape index (κ2) is 5.54. The van der Waals surface area contributed by atoms with Gasteiger partial charge in [-0.15, -0.1) is 0 Å². The van der Waals surface area contributed by atoms with Crippen LogP contribution >= 0.6 is 0 Å². The zero-order chi connectivity index (χ0) is 13.1. The maximum Gasteiger partial charge on any atom is 0.416 e. The normalized spacial score (nSPS) is 14.1. The van der Waals surface area contributed by atoms with Crippen LogP contribution in [0.2, 0.25) is 0 Å². The number of rotatable bonds is 4. The number of hydrogen-bond donors (Lipinski definition) is 1. The van der Waals surface area contributed by atoms with Crippen LogP contribution in [0.1, 0.15) is 37.3 Å². The van der Waals surface area contributed by atoms with Gasteiger partial charge in [0.2, 0.25) is 0 Å². The van der Waals surface area contributed by atoms with Crippen molar-refractivity contribution < 1.29 is 18.3 Å². The van der Waals surface area contributed by atoms with E-state index in [-0.39, 0.29) is 24.0 Å². The Labute approximate surface area is 99.3 Å². The van der Waals surface area contributed by atoms with Gasteiger partial charge in [-0.05, 0) is 29.9 Å². The van der Waals surface area contributed by atoms with E-state index in [2.05, 4.69) is 0 Å². The first kappa shape index (κ1) is 14.0. The molecule has 1 rings (SSSR count). The molecule has 0 aliphatic heterocycles. The smallest absolute Gasteiger partial charge is 0.396 e. The first-order chi connectivity index (χ1) is 7.88. The predicted molar refractivity (Wildman–Crippen MR) is 60.7 cm³/mol. The summed E-state index contributed by atoms with van der Waals surface area (Å²) in [5.41, 5.74) is -0.309. The van der Waals surface area contributed by atoms with Crippen LogP contribution in [-0.2, 0) is 6.18 Å². The molecule has 0 spiro atoms. The molecule has 0 aliphatic carbocycles. The predicted octanol–water partition coefficient (Wildman–Crippen LogP) is 3.83. The van der Waals surface area contributed by atoms with Gasteiger partial charge in [-0.3, -0.25) is 0 Å². The van der Waals surface area contributed by atoms with Crippen LogP contribution in [0.25, 0.3) is 0 Å². The summed E-state index contributed by atoms with van der Waals surface area (Å²) < 4.78 is 38.5. The van der Waals surface area contributed by atoms with E-state index in [0.717, 1.165) is 6.07 Å². The Balaban J connectivity index is 3.19. The van der Waals surface area contributed by atoms with E-state index in [1.807, 2.05) is 13.8 Å². The van der Waals surface area contributed by atoms with Gasteiger partial charge in [-0.1, -0.05) is 32.0 Å². The lowest BCUT2D eigenvalue weighted by atomic mass is 9.83. The standard InChI is InChI=1S/C13H17F3O/c1-9(2)10(7-8-17)11-5-3-4-6-12(11)13(14,15)16/h3-6,9-10,17H,7-8H2,1-2H3. The molecule has 96 valence electrons. The van der Waals surface area contributed by atoms with E-state index in [1.54, 1.807) is 6.07 Å². The lowest BCUT2D eigenvalue weighted by molar-refractivity contribution is -0.138. The number of hydrogen-bond acceptors (Lipinski definition) is 1. The molecule has 1 nitrogen and oxygen atoms in total. The van der Waals surface area contributed by atoms with E-state index < -0.39 is 11.7 Å². The van der Waals surface area contributed by atoms with E-state index in [0.29, 0.717) is 6.42 Å². The van der Waals surface area contributed by atoms with Gasteiger partial charge in [0.1, 0.15) is 0 Å². The van der Waals surface area contributed by atoms with Gasteiger partial charge in [-0.25, -0.2) is 0 Å². The molecule has 0 amide bonds. The number of halogens is 3. The van der Waals surface area contributed by atoms with Gasteiger partial charge >= 0.3 is 6.18 Å². The van der Waals surface area contributed by atoms with E-state index in [1.165, 1.54) is 12.1 Å². The van der Waals surface area contributed by atoms with Crippen LogP contribution in [0.15, 0.2) is 24.3 Å². The molecule has 1 aromatic carbocycles. The van der Waals surface area contributed by atoms with Crippen molar-refractivity contribution >= 4 is 0 Å². The highest BCUT2D eigenvalue weighted by Gasteiger charge is 2.35. The van der Waals surface area contributed by atoms with Gasteiger partial charge < -0.3 is 5.11 Å². The van der Waals surface area contributed by atoms with Crippen molar-refractivity contribution in [3.05, 3.63) is 35.4 Å². The highest BCUT2D eigenvalue weighted by atomic mass is 19.4. The van der Waals surface area contributed by atoms with Gasteiger partial charge in [0.05, 0.1) is 5.56 Å². The molecule has 4 heteroatoms. The van der Waals surface area contributed by atoms with Gasteiger partial charge in [0.15, 0.2) is 0 Å². The van der Waals surface area contributed by atoms with Crippen LogP contribution in [0.3, 0.4) is 0 Å². The zero-order valence-corrected chi connectivity index (χ0v) is 9.96. The highest BCUT2D eigenvalue weighted by Crippen LogP contribution is 2.38. The summed E-state index contributed by atoms with van der Waals surface area (Å²) in [7, 11) is 0. The zero-order valence-electron chi connectivity index (χ0n) is 9.96. The molecular formula is C13H17F3O. The summed E-state index contributed by atoms with van der Waals surface area (Å²) in [6.07, 6.45) is -3.98. The van der Waals surface area contributed by atoms with Crippen LogP contribution in [0.4, 0.5) is 13.2 Å². The van der Waals surface area contributed by atoms with E-state index in [9.17, 15) is 13.2 Å². The van der Waals surface area contributed by atoms with Gasteiger partial charge in [0, 0.05) is 6.61 Å². The van der Waals surface area contributed by atoms with Gasteiger partial charge in [0.25, 0.3) is 0 Å². The third-order valence-corrected chi connectivity index (χ3v) is 2.91. The molecule has 1 N–H and O–H groups in total. The Kier molecular flexibility index (Phi) is 4.57. The molecule has 0 fully saturated rings. The average molecular weight is 246 g/mol. The molecule has 1 atom stereocenters. The van der Waals surface area contributed by atoms with Crippen molar-refractivity contribution in [3.8, 4) is 0 Å². The molecule has 0 bridgehead atoms. The fraction of sp³-hybridized carbons (Fsp3) is 0.538. The Bertz CT molecular complexity index is 358. The molecule has 0 aliphatic rings. The maximum absolute atomic E-state index is 12.8. The minimum Gasteiger partial charge on any atom is -0.396 e. The lowest BCUT2D eigenvalue weighted by Crippen LogP contribution is -2.16. The topological polar surface area (TPSA) is 20.2 Å². The number of aliphatic hydroxyl groups excluding tert-OH is 1. The molecule has 17 heavy (non-hydrogen) atoms. The van der Waals surface area contributed by atoms with Crippen LogP contribution in [-0.4, -0.2) is 11.7 Å². The van der Waals surface area contributed by atoms with Gasteiger partial charge in [-0.2, -0.15) is 13.2 Å². The summed E-state index contributed by atoms with van der Waals surface area (Å²) in [6, 6.07) is 5.60. The summed E-state index contributed by atoms with van der Waals surface area (Å²) in [6.45, 7) is 3.63. The van der Waals surface area contributed by atoms with E-state index in [4.69, 9.17) is 5.11 Å². The largest absolute Gasteiger partial charge is 0.416 e. The second-order valence-electron chi connectivity index (χ2n) is 4.45. The summed E-state index contributed by atoms with van der Waals surface area (Å²) in [5, 5.41) is 8.96. The molecule has 0 aromatic heterocycles. The second-order valence-corrected chi connectivity index (χ2v) is 4.45. The van der Waals surface area contributed by atoms with Crippen LogP contribution in [0, 0.1) is 5.92 Å². The molecule has 1 unspecified atom stereocenters. The number of aliphatic hydroxyl groups is 1. The summed E-state index contributed by atoms with van der Waals surface area (Å²) in [5.74, 6) is -0.205. The monoisotopic (exact) mass is 246 g/mol. The molecule has 0 radical (unpaired) electrons. The van der Waals surface area contributed by atoms with Crippen molar-refractivity contribution in [1.82, 2.24) is 0 Å². The van der Waals surface area contributed by atoms with Crippen LogP contribution < -0.4 is 0 Å². The first-order valence-electron chi connectivity index (χ1n) is 5.65. The fourth-order valence-electron chi connectivity index (χ4n) is 2.07. The lowest BCUT2D eigenvalue weighted by Gasteiger charge is -2.24. The van der Waals surface area contributed by atoms with Crippen molar-refractivity contribution in [1.29, 1.82) is 0 Å².